The monoisotopic (exact) mass is 311 g/mol. The van der Waals surface area contributed by atoms with E-state index < -0.39 is 46.8 Å². The van der Waals surface area contributed by atoms with Crippen LogP contribution < -0.4 is 4.74 Å². The van der Waals surface area contributed by atoms with Gasteiger partial charge in [-0.25, -0.2) is 0 Å². The molecule has 1 aromatic heterocycles. The van der Waals surface area contributed by atoms with Gasteiger partial charge in [0.1, 0.15) is 5.75 Å². The van der Waals surface area contributed by atoms with E-state index in [4.69, 9.17) is 0 Å². The molecule has 2 aromatic rings. The van der Waals surface area contributed by atoms with Gasteiger partial charge < -0.3 is 4.74 Å². The summed E-state index contributed by atoms with van der Waals surface area (Å²) >= 11 is 0. The molecule has 21 heavy (non-hydrogen) atoms. The van der Waals surface area contributed by atoms with Crippen molar-refractivity contribution in [3.8, 4) is 11.5 Å². The predicted octanol–water partition coefficient (Wildman–Crippen LogP) is 4.45. The Bertz CT molecular complexity index is 658. The Kier molecular flexibility index (Phi) is 3.75. The summed E-state index contributed by atoms with van der Waals surface area (Å²) in [5.74, 6) is -10.0. The zero-order chi connectivity index (χ0) is 15.8. The summed E-state index contributed by atoms with van der Waals surface area (Å²) < 4.78 is 94.1. The minimum atomic E-state index is -4.72. The van der Waals surface area contributed by atoms with Gasteiger partial charge in [0.05, 0.1) is 5.56 Å². The van der Waals surface area contributed by atoms with Crippen LogP contribution in [0.1, 0.15) is 5.56 Å². The molecule has 0 bridgehead atoms. The molecule has 0 aliphatic heterocycles. The standard InChI is InChI=1S/C12H4F7NO/c13-7-9(8(14)11(16)20-10(7)15)21-6-3-1-2-5(4-6)12(17,18)19/h1-4H. The van der Waals surface area contributed by atoms with E-state index in [2.05, 4.69) is 9.72 Å². The maximum absolute atomic E-state index is 13.3. The Hall–Kier alpha value is -2.32. The molecule has 9 heteroatoms. The molecule has 0 atom stereocenters. The van der Waals surface area contributed by atoms with Gasteiger partial charge >= 0.3 is 6.18 Å². The van der Waals surface area contributed by atoms with Crippen molar-refractivity contribution < 1.29 is 35.5 Å². The molecule has 112 valence electrons. The molecule has 0 unspecified atom stereocenters. The smallest absolute Gasteiger partial charge is 0.416 e. The second-order valence-corrected chi connectivity index (χ2v) is 3.78. The van der Waals surface area contributed by atoms with Crippen LogP contribution >= 0.6 is 0 Å². The lowest BCUT2D eigenvalue weighted by Crippen LogP contribution is -2.06. The van der Waals surface area contributed by atoms with Crippen molar-refractivity contribution in [3.05, 3.63) is 53.4 Å². The molecule has 0 fully saturated rings. The molecule has 0 saturated carbocycles. The van der Waals surface area contributed by atoms with Crippen molar-refractivity contribution >= 4 is 0 Å². The molecule has 2 nitrogen and oxygen atoms in total. The van der Waals surface area contributed by atoms with Crippen molar-refractivity contribution in [2.24, 2.45) is 0 Å². The van der Waals surface area contributed by atoms with Crippen LogP contribution in [0.25, 0.3) is 0 Å². The number of aromatic nitrogens is 1. The van der Waals surface area contributed by atoms with Crippen molar-refractivity contribution in [2.75, 3.05) is 0 Å². The highest BCUT2D eigenvalue weighted by Gasteiger charge is 2.31. The molecule has 0 spiro atoms. The highest BCUT2D eigenvalue weighted by molar-refractivity contribution is 5.35. The molecular formula is C12H4F7NO. The highest BCUT2D eigenvalue weighted by atomic mass is 19.4. The molecular weight excluding hydrogens is 307 g/mol. The number of benzene rings is 1. The van der Waals surface area contributed by atoms with Gasteiger partial charge in [-0.15, -0.1) is 0 Å². The first-order valence-electron chi connectivity index (χ1n) is 5.25. The van der Waals surface area contributed by atoms with E-state index in [1.165, 1.54) is 0 Å². The van der Waals surface area contributed by atoms with Crippen LogP contribution in [0.4, 0.5) is 30.7 Å². The number of pyridine rings is 1. The summed E-state index contributed by atoms with van der Waals surface area (Å²) in [6.45, 7) is 0. The number of hydrogen-bond donors (Lipinski definition) is 0. The van der Waals surface area contributed by atoms with E-state index >= 15 is 0 Å². The number of alkyl halides is 3. The largest absolute Gasteiger partial charge is 0.451 e. The van der Waals surface area contributed by atoms with Gasteiger partial charge in [0.2, 0.25) is 17.4 Å². The van der Waals surface area contributed by atoms with Crippen molar-refractivity contribution in [2.45, 2.75) is 6.18 Å². The first-order chi connectivity index (χ1) is 9.70. The normalized spacial score (nSPS) is 11.6. The maximum Gasteiger partial charge on any atom is 0.416 e. The fourth-order valence-corrected chi connectivity index (χ4v) is 1.41. The van der Waals surface area contributed by atoms with Crippen molar-refractivity contribution in [1.82, 2.24) is 4.98 Å². The Morgan fingerprint density at radius 2 is 1.48 bits per heavy atom. The minimum Gasteiger partial charge on any atom is -0.451 e. The summed E-state index contributed by atoms with van der Waals surface area (Å²) in [6.07, 6.45) is -4.72. The van der Waals surface area contributed by atoms with Gasteiger partial charge in [-0.3, -0.25) is 0 Å². The number of rotatable bonds is 2. The lowest BCUT2D eigenvalue weighted by Gasteiger charge is -2.11. The lowest BCUT2D eigenvalue weighted by molar-refractivity contribution is -0.137. The first kappa shape index (κ1) is 15.1. The van der Waals surface area contributed by atoms with Crippen LogP contribution in [0.3, 0.4) is 0 Å². The maximum atomic E-state index is 13.3. The van der Waals surface area contributed by atoms with E-state index in [-0.39, 0.29) is 0 Å². The summed E-state index contributed by atoms with van der Waals surface area (Å²) in [5.41, 5.74) is -1.16. The van der Waals surface area contributed by atoms with E-state index in [1.54, 1.807) is 0 Å². The van der Waals surface area contributed by atoms with Gasteiger partial charge in [-0.05, 0) is 18.2 Å². The molecule has 1 heterocycles. The van der Waals surface area contributed by atoms with Crippen LogP contribution in [0, 0.1) is 23.5 Å². The third kappa shape index (κ3) is 3.06. The average molecular weight is 311 g/mol. The zero-order valence-electron chi connectivity index (χ0n) is 9.81. The van der Waals surface area contributed by atoms with Crippen LogP contribution in [-0.2, 0) is 6.18 Å². The number of halogens is 7. The number of ether oxygens (including phenoxy) is 1. The SMILES string of the molecule is Fc1nc(F)c(F)c(Oc2cccc(C(F)(F)F)c2)c1F. The van der Waals surface area contributed by atoms with Crippen LogP contribution in [-0.4, -0.2) is 4.98 Å². The Balaban J connectivity index is 2.44. The molecule has 1 aromatic carbocycles. The lowest BCUT2D eigenvalue weighted by atomic mass is 10.2. The van der Waals surface area contributed by atoms with E-state index in [0.29, 0.717) is 12.1 Å². The minimum absolute atomic E-state index is 0.426. The average Bonchev–Trinajstić information content (AvgIpc) is 2.41. The topological polar surface area (TPSA) is 22.1 Å². The van der Waals surface area contributed by atoms with Gasteiger partial charge in [-0.1, -0.05) is 6.07 Å². The summed E-state index contributed by atoms with van der Waals surface area (Å²) in [6, 6.07) is 2.95. The molecule has 2 rings (SSSR count). The van der Waals surface area contributed by atoms with E-state index in [1.807, 2.05) is 0 Å². The number of hydrogen-bond acceptors (Lipinski definition) is 2. The van der Waals surface area contributed by atoms with E-state index in [0.717, 1.165) is 12.1 Å². The Morgan fingerprint density at radius 1 is 0.905 bits per heavy atom. The summed E-state index contributed by atoms with van der Waals surface area (Å²) in [7, 11) is 0. The molecule has 0 aliphatic carbocycles. The fraction of sp³-hybridized carbons (Fsp3) is 0.0833. The third-order valence-corrected chi connectivity index (χ3v) is 2.34. The summed E-state index contributed by atoms with van der Waals surface area (Å²) in [5, 5.41) is 0. The molecule has 0 N–H and O–H groups in total. The summed E-state index contributed by atoms with van der Waals surface area (Å²) in [4.78, 5) is 2.29. The molecule has 0 amide bonds. The van der Waals surface area contributed by atoms with Crippen molar-refractivity contribution in [3.63, 3.8) is 0 Å². The zero-order valence-corrected chi connectivity index (χ0v) is 9.81. The van der Waals surface area contributed by atoms with Crippen LogP contribution in [0.2, 0.25) is 0 Å². The Morgan fingerprint density at radius 3 is 2.00 bits per heavy atom. The number of nitrogens with zero attached hydrogens (tertiary/aromatic N) is 1. The first-order valence-corrected chi connectivity index (χ1v) is 5.25. The molecule has 0 radical (unpaired) electrons. The van der Waals surface area contributed by atoms with Gasteiger partial charge in [-0.2, -0.15) is 35.7 Å². The second-order valence-electron chi connectivity index (χ2n) is 3.78. The highest BCUT2D eigenvalue weighted by Crippen LogP contribution is 2.34. The Labute approximate surface area is 112 Å². The van der Waals surface area contributed by atoms with Crippen molar-refractivity contribution in [1.29, 1.82) is 0 Å². The van der Waals surface area contributed by atoms with Gasteiger partial charge in [0, 0.05) is 0 Å². The fourth-order valence-electron chi connectivity index (χ4n) is 1.41. The van der Waals surface area contributed by atoms with Gasteiger partial charge in [0.25, 0.3) is 11.9 Å². The van der Waals surface area contributed by atoms with Crippen LogP contribution in [0.5, 0.6) is 11.5 Å². The molecule has 0 saturated heterocycles. The van der Waals surface area contributed by atoms with Gasteiger partial charge in [0.15, 0.2) is 0 Å². The predicted molar refractivity (Wildman–Crippen MR) is 55.6 cm³/mol. The quantitative estimate of drug-likeness (QED) is 0.604. The second kappa shape index (κ2) is 5.23. The van der Waals surface area contributed by atoms with E-state index in [9.17, 15) is 30.7 Å². The third-order valence-electron chi connectivity index (χ3n) is 2.34. The van der Waals surface area contributed by atoms with Crippen LogP contribution in [0.15, 0.2) is 24.3 Å². The molecule has 0 aliphatic rings.